The summed E-state index contributed by atoms with van der Waals surface area (Å²) in [6.45, 7) is 0. The average Bonchev–Trinajstić information content (AvgIpc) is 3.24. The number of para-hydroxylation sites is 1. The van der Waals surface area contributed by atoms with Crippen LogP contribution in [0.5, 0.6) is 0 Å². The summed E-state index contributed by atoms with van der Waals surface area (Å²) in [5.41, 5.74) is 2.93. The van der Waals surface area contributed by atoms with Gasteiger partial charge >= 0.3 is 0 Å². The summed E-state index contributed by atoms with van der Waals surface area (Å²) in [4.78, 5) is 20.8. The second-order valence-corrected chi connectivity index (χ2v) is 7.39. The van der Waals surface area contributed by atoms with E-state index in [0.29, 0.717) is 27.3 Å². The number of rotatable bonds is 6. The summed E-state index contributed by atoms with van der Waals surface area (Å²) in [5.74, 6) is 0.595. The summed E-state index contributed by atoms with van der Waals surface area (Å²) in [6.07, 6.45) is 1.63. The van der Waals surface area contributed by atoms with Crippen molar-refractivity contribution in [3.05, 3.63) is 77.9 Å². The lowest BCUT2D eigenvalue weighted by Crippen LogP contribution is -2.14. The van der Waals surface area contributed by atoms with Gasteiger partial charge in [-0.05, 0) is 30.3 Å². The molecule has 0 spiro atoms. The highest BCUT2D eigenvalue weighted by atomic mass is 35.5. The number of carbonyl (C=O) groups is 1. The molecular weight excluding hydrogens is 408 g/mol. The van der Waals surface area contributed by atoms with Crippen molar-refractivity contribution in [1.82, 2.24) is 15.1 Å². The third-order valence-electron chi connectivity index (χ3n) is 3.93. The standard InChI is InChI=1S/C21H15ClN4O2S/c22-15-8-6-14(7-9-15)18-12-19(28-26-18)17-10-11-23-21(25-17)29-13-20(27)24-16-4-2-1-3-5-16/h1-12H,13H2,(H,24,27). The molecule has 0 unspecified atom stereocenters. The van der Waals surface area contributed by atoms with Crippen LogP contribution in [0.3, 0.4) is 0 Å². The van der Waals surface area contributed by atoms with Crippen LogP contribution >= 0.6 is 23.4 Å². The molecule has 0 fully saturated rings. The van der Waals surface area contributed by atoms with Gasteiger partial charge in [-0.3, -0.25) is 4.79 Å². The molecule has 29 heavy (non-hydrogen) atoms. The molecule has 2 heterocycles. The number of anilines is 1. The molecule has 2 aromatic carbocycles. The zero-order valence-corrected chi connectivity index (χ0v) is 16.7. The van der Waals surface area contributed by atoms with E-state index < -0.39 is 0 Å². The van der Waals surface area contributed by atoms with E-state index in [2.05, 4.69) is 20.4 Å². The number of aromatic nitrogens is 3. The molecule has 144 valence electrons. The molecular formula is C21H15ClN4O2S. The molecule has 1 amide bonds. The molecule has 0 bridgehead atoms. The van der Waals surface area contributed by atoms with Gasteiger partial charge in [0.2, 0.25) is 5.91 Å². The smallest absolute Gasteiger partial charge is 0.234 e. The van der Waals surface area contributed by atoms with Crippen LogP contribution in [0.25, 0.3) is 22.7 Å². The molecule has 0 atom stereocenters. The minimum Gasteiger partial charge on any atom is -0.354 e. The molecule has 0 saturated carbocycles. The van der Waals surface area contributed by atoms with Crippen molar-refractivity contribution in [2.75, 3.05) is 11.1 Å². The normalized spacial score (nSPS) is 10.7. The average molecular weight is 423 g/mol. The zero-order chi connectivity index (χ0) is 20.1. The lowest BCUT2D eigenvalue weighted by atomic mass is 10.1. The van der Waals surface area contributed by atoms with Crippen LogP contribution in [0.15, 0.2) is 82.6 Å². The first-order valence-electron chi connectivity index (χ1n) is 8.71. The minimum atomic E-state index is -0.125. The Kier molecular flexibility index (Phi) is 5.88. The molecule has 0 aliphatic rings. The quantitative estimate of drug-likeness (QED) is 0.340. The summed E-state index contributed by atoms with van der Waals surface area (Å²) in [6, 6.07) is 20.2. The highest BCUT2D eigenvalue weighted by Gasteiger charge is 2.12. The van der Waals surface area contributed by atoms with E-state index in [-0.39, 0.29) is 11.7 Å². The summed E-state index contributed by atoms with van der Waals surface area (Å²) >= 11 is 7.17. The molecule has 2 aromatic heterocycles. The van der Waals surface area contributed by atoms with Gasteiger partial charge < -0.3 is 9.84 Å². The Morgan fingerprint density at radius 1 is 1.03 bits per heavy atom. The number of thioether (sulfide) groups is 1. The first-order chi connectivity index (χ1) is 14.2. The monoisotopic (exact) mass is 422 g/mol. The first-order valence-corrected chi connectivity index (χ1v) is 10.1. The van der Waals surface area contributed by atoms with Crippen LogP contribution in [0, 0.1) is 0 Å². The van der Waals surface area contributed by atoms with Gasteiger partial charge in [0, 0.05) is 28.5 Å². The Balaban J connectivity index is 1.42. The van der Waals surface area contributed by atoms with Crippen molar-refractivity contribution in [2.24, 2.45) is 0 Å². The van der Waals surface area contributed by atoms with Crippen LogP contribution in [0.2, 0.25) is 5.02 Å². The first kappa shape index (κ1) is 19.2. The topological polar surface area (TPSA) is 80.9 Å². The third-order valence-corrected chi connectivity index (χ3v) is 5.04. The molecule has 6 nitrogen and oxygen atoms in total. The Bertz CT molecular complexity index is 1120. The van der Waals surface area contributed by atoms with E-state index in [4.69, 9.17) is 16.1 Å². The number of halogens is 1. The van der Waals surface area contributed by atoms with Gasteiger partial charge in [0.25, 0.3) is 0 Å². The number of carbonyl (C=O) groups excluding carboxylic acids is 1. The van der Waals surface area contributed by atoms with E-state index >= 15 is 0 Å². The van der Waals surface area contributed by atoms with Gasteiger partial charge in [0.15, 0.2) is 10.9 Å². The number of amides is 1. The molecule has 0 aliphatic heterocycles. The van der Waals surface area contributed by atoms with E-state index in [0.717, 1.165) is 11.3 Å². The predicted octanol–water partition coefficient (Wildman–Crippen LogP) is 5.18. The molecule has 0 aliphatic carbocycles. The molecule has 0 radical (unpaired) electrons. The Labute approximate surface area is 176 Å². The highest BCUT2D eigenvalue weighted by Crippen LogP contribution is 2.26. The number of benzene rings is 2. The molecule has 4 rings (SSSR count). The van der Waals surface area contributed by atoms with Crippen molar-refractivity contribution in [3.63, 3.8) is 0 Å². The zero-order valence-electron chi connectivity index (χ0n) is 15.1. The lowest BCUT2D eigenvalue weighted by molar-refractivity contribution is -0.113. The number of hydrogen-bond acceptors (Lipinski definition) is 6. The summed E-state index contributed by atoms with van der Waals surface area (Å²) in [5, 5.41) is 8.06. The van der Waals surface area contributed by atoms with Crippen molar-refractivity contribution in [3.8, 4) is 22.7 Å². The van der Waals surface area contributed by atoms with Gasteiger partial charge in [-0.25, -0.2) is 9.97 Å². The minimum absolute atomic E-state index is 0.125. The lowest BCUT2D eigenvalue weighted by Gasteiger charge is -2.04. The summed E-state index contributed by atoms with van der Waals surface area (Å²) < 4.78 is 5.43. The van der Waals surface area contributed by atoms with Crippen LogP contribution < -0.4 is 5.32 Å². The Morgan fingerprint density at radius 2 is 1.83 bits per heavy atom. The van der Waals surface area contributed by atoms with Gasteiger partial charge in [-0.15, -0.1) is 0 Å². The van der Waals surface area contributed by atoms with E-state index in [1.807, 2.05) is 48.5 Å². The fraction of sp³-hybridized carbons (Fsp3) is 0.0476. The summed E-state index contributed by atoms with van der Waals surface area (Å²) in [7, 11) is 0. The van der Waals surface area contributed by atoms with Crippen molar-refractivity contribution >= 4 is 35.0 Å². The van der Waals surface area contributed by atoms with Gasteiger partial charge in [-0.1, -0.05) is 58.9 Å². The number of nitrogens with zero attached hydrogens (tertiary/aromatic N) is 3. The SMILES string of the molecule is O=C(CSc1nccc(-c2cc(-c3ccc(Cl)cc3)no2)n1)Nc1ccccc1. The molecule has 1 N–H and O–H groups in total. The van der Waals surface area contributed by atoms with Gasteiger partial charge in [0.1, 0.15) is 11.4 Å². The van der Waals surface area contributed by atoms with E-state index in [9.17, 15) is 4.79 Å². The maximum Gasteiger partial charge on any atom is 0.234 e. The van der Waals surface area contributed by atoms with Crippen LogP contribution in [-0.2, 0) is 4.79 Å². The second kappa shape index (κ2) is 8.89. The Hall–Kier alpha value is -3.16. The largest absolute Gasteiger partial charge is 0.354 e. The van der Waals surface area contributed by atoms with Crippen molar-refractivity contribution in [1.29, 1.82) is 0 Å². The molecule has 0 saturated heterocycles. The molecule has 8 heteroatoms. The van der Waals surface area contributed by atoms with Crippen molar-refractivity contribution < 1.29 is 9.32 Å². The van der Waals surface area contributed by atoms with Gasteiger partial charge in [0.05, 0.1) is 5.75 Å². The van der Waals surface area contributed by atoms with Crippen molar-refractivity contribution in [2.45, 2.75) is 5.16 Å². The number of nitrogens with one attached hydrogen (secondary N) is 1. The fourth-order valence-corrected chi connectivity index (χ4v) is 3.31. The predicted molar refractivity (Wildman–Crippen MR) is 114 cm³/mol. The van der Waals surface area contributed by atoms with E-state index in [1.54, 1.807) is 24.4 Å². The van der Waals surface area contributed by atoms with E-state index in [1.165, 1.54) is 11.8 Å². The van der Waals surface area contributed by atoms with Gasteiger partial charge in [-0.2, -0.15) is 0 Å². The molecule has 4 aromatic rings. The third kappa shape index (κ3) is 5.01. The Morgan fingerprint density at radius 3 is 2.62 bits per heavy atom. The maximum absolute atomic E-state index is 12.1. The van der Waals surface area contributed by atoms with Crippen LogP contribution in [-0.4, -0.2) is 26.8 Å². The van der Waals surface area contributed by atoms with Crippen LogP contribution in [0.1, 0.15) is 0 Å². The van der Waals surface area contributed by atoms with Crippen LogP contribution in [0.4, 0.5) is 5.69 Å². The second-order valence-electron chi connectivity index (χ2n) is 6.01. The maximum atomic E-state index is 12.1. The fourth-order valence-electron chi connectivity index (χ4n) is 2.55. The highest BCUT2D eigenvalue weighted by molar-refractivity contribution is 7.99. The number of hydrogen-bond donors (Lipinski definition) is 1.